The SMILES string of the molecule is CC.CCCc1nc(C)c2c(=O)[nH]c(-c3cc(C)ccc3OCC)nn12. The fourth-order valence-electron chi connectivity index (χ4n) is 2.85. The van der Waals surface area contributed by atoms with Gasteiger partial charge in [0.25, 0.3) is 5.56 Å². The number of hydrogen-bond donors (Lipinski definition) is 1. The smallest absolute Gasteiger partial charge is 0.277 e. The van der Waals surface area contributed by atoms with Gasteiger partial charge in [0, 0.05) is 6.42 Å². The zero-order valence-corrected chi connectivity index (χ0v) is 16.5. The van der Waals surface area contributed by atoms with Crippen LogP contribution < -0.4 is 10.3 Å². The van der Waals surface area contributed by atoms with Gasteiger partial charge in [-0.25, -0.2) is 9.50 Å². The van der Waals surface area contributed by atoms with Gasteiger partial charge in [-0.05, 0) is 39.3 Å². The minimum atomic E-state index is -0.184. The average molecular weight is 356 g/mol. The summed E-state index contributed by atoms with van der Waals surface area (Å²) in [6.45, 7) is 12.4. The summed E-state index contributed by atoms with van der Waals surface area (Å²) in [5, 5.41) is 4.65. The minimum absolute atomic E-state index is 0.184. The first kappa shape index (κ1) is 19.7. The van der Waals surface area contributed by atoms with Crippen molar-refractivity contribution in [2.75, 3.05) is 6.61 Å². The van der Waals surface area contributed by atoms with Crippen molar-refractivity contribution in [3.8, 4) is 17.1 Å². The molecule has 0 atom stereocenters. The molecular formula is C20H28N4O2. The maximum Gasteiger partial charge on any atom is 0.277 e. The molecule has 0 unspecified atom stereocenters. The van der Waals surface area contributed by atoms with Crippen molar-refractivity contribution < 1.29 is 4.74 Å². The van der Waals surface area contributed by atoms with E-state index in [1.807, 2.05) is 52.8 Å². The molecule has 0 fully saturated rings. The highest BCUT2D eigenvalue weighted by Crippen LogP contribution is 2.28. The van der Waals surface area contributed by atoms with Crippen LogP contribution in [0.4, 0.5) is 0 Å². The van der Waals surface area contributed by atoms with Crippen molar-refractivity contribution in [2.24, 2.45) is 0 Å². The van der Waals surface area contributed by atoms with Crippen LogP contribution in [-0.2, 0) is 6.42 Å². The van der Waals surface area contributed by atoms with E-state index in [0.717, 1.165) is 29.8 Å². The standard InChI is InChI=1S/C18H22N4O2.C2H6/c1-5-7-15-19-12(4)16-18(23)20-17(21-22(15)16)13-10-11(3)8-9-14(13)24-6-2;1-2/h8-10H,5-7H2,1-4H3,(H,20,21,23);1-2H3. The summed E-state index contributed by atoms with van der Waals surface area (Å²) < 4.78 is 7.37. The van der Waals surface area contributed by atoms with Crippen molar-refractivity contribution in [1.82, 2.24) is 19.6 Å². The summed E-state index contributed by atoms with van der Waals surface area (Å²) in [5.41, 5.74) is 2.88. The van der Waals surface area contributed by atoms with E-state index in [2.05, 4.69) is 22.0 Å². The maximum absolute atomic E-state index is 12.6. The van der Waals surface area contributed by atoms with E-state index in [-0.39, 0.29) is 5.56 Å². The molecule has 2 aromatic heterocycles. The van der Waals surface area contributed by atoms with E-state index in [9.17, 15) is 4.79 Å². The van der Waals surface area contributed by atoms with Crippen LogP contribution in [0.5, 0.6) is 5.75 Å². The fourth-order valence-corrected chi connectivity index (χ4v) is 2.85. The van der Waals surface area contributed by atoms with Gasteiger partial charge in [-0.3, -0.25) is 4.79 Å². The van der Waals surface area contributed by atoms with Crippen LogP contribution in [0.3, 0.4) is 0 Å². The summed E-state index contributed by atoms with van der Waals surface area (Å²) >= 11 is 0. The number of fused-ring (bicyclic) bond motifs is 1. The number of benzene rings is 1. The summed E-state index contributed by atoms with van der Waals surface area (Å²) in [7, 11) is 0. The number of imidazole rings is 1. The van der Waals surface area contributed by atoms with E-state index >= 15 is 0 Å². The predicted octanol–water partition coefficient (Wildman–Crippen LogP) is 4.08. The Bertz CT molecular complexity index is 941. The van der Waals surface area contributed by atoms with Gasteiger partial charge in [0.15, 0.2) is 11.3 Å². The van der Waals surface area contributed by atoms with Gasteiger partial charge in [0.2, 0.25) is 0 Å². The zero-order valence-electron chi connectivity index (χ0n) is 16.5. The highest BCUT2D eigenvalue weighted by Gasteiger charge is 2.16. The number of nitrogens with zero attached hydrogens (tertiary/aromatic N) is 3. The summed E-state index contributed by atoms with van der Waals surface area (Å²) in [6.07, 6.45) is 1.72. The third-order valence-corrected chi connectivity index (χ3v) is 3.91. The number of nitrogens with one attached hydrogen (secondary N) is 1. The molecule has 0 saturated heterocycles. The molecule has 6 nitrogen and oxygen atoms in total. The van der Waals surface area contributed by atoms with E-state index in [4.69, 9.17) is 4.74 Å². The van der Waals surface area contributed by atoms with Crippen LogP contribution >= 0.6 is 0 Å². The van der Waals surface area contributed by atoms with Crippen LogP contribution in [0.15, 0.2) is 23.0 Å². The molecule has 0 bridgehead atoms. The molecule has 3 aromatic rings. The van der Waals surface area contributed by atoms with Crippen molar-refractivity contribution in [1.29, 1.82) is 0 Å². The molecule has 26 heavy (non-hydrogen) atoms. The van der Waals surface area contributed by atoms with Crippen molar-refractivity contribution >= 4 is 5.52 Å². The number of rotatable bonds is 5. The highest BCUT2D eigenvalue weighted by molar-refractivity contribution is 5.66. The monoisotopic (exact) mass is 356 g/mol. The van der Waals surface area contributed by atoms with Crippen LogP contribution in [0.1, 0.15) is 51.2 Å². The molecule has 140 valence electrons. The second kappa shape index (κ2) is 8.65. The van der Waals surface area contributed by atoms with Gasteiger partial charge >= 0.3 is 0 Å². The van der Waals surface area contributed by atoms with Crippen LogP contribution in [0.25, 0.3) is 16.9 Å². The molecule has 0 aliphatic heterocycles. The molecule has 3 rings (SSSR count). The third kappa shape index (κ3) is 3.79. The lowest BCUT2D eigenvalue weighted by atomic mass is 10.1. The van der Waals surface area contributed by atoms with E-state index in [0.29, 0.717) is 29.4 Å². The Balaban J connectivity index is 0.00000117. The minimum Gasteiger partial charge on any atom is -0.493 e. The Kier molecular flexibility index (Phi) is 6.55. The number of aryl methyl sites for hydroxylation is 3. The molecule has 0 radical (unpaired) electrons. The van der Waals surface area contributed by atoms with E-state index in [1.165, 1.54) is 0 Å². The van der Waals surface area contributed by atoms with Crippen LogP contribution in [0, 0.1) is 13.8 Å². The predicted molar refractivity (Wildman–Crippen MR) is 105 cm³/mol. The van der Waals surface area contributed by atoms with Crippen molar-refractivity contribution in [3.63, 3.8) is 0 Å². The van der Waals surface area contributed by atoms with Gasteiger partial charge in [-0.2, -0.15) is 0 Å². The number of H-pyrrole nitrogens is 1. The normalized spacial score (nSPS) is 10.5. The zero-order chi connectivity index (χ0) is 19.3. The summed E-state index contributed by atoms with van der Waals surface area (Å²) in [6, 6.07) is 5.86. The quantitative estimate of drug-likeness (QED) is 0.748. The Morgan fingerprint density at radius 1 is 1.19 bits per heavy atom. The average Bonchev–Trinajstić information content (AvgIpc) is 2.95. The van der Waals surface area contributed by atoms with Gasteiger partial charge in [0.05, 0.1) is 17.9 Å². The molecule has 1 N–H and O–H groups in total. The molecule has 6 heteroatoms. The third-order valence-electron chi connectivity index (χ3n) is 3.91. The number of ether oxygens (including phenoxy) is 1. The molecule has 0 spiro atoms. The Morgan fingerprint density at radius 3 is 2.58 bits per heavy atom. The summed E-state index contributed by atoms with van der Waals surface area (Å²) in [4.78, 5) is 20.0. The number of aromatic amines is 1. The number of hydrogen-bond acceptors (Lipinski definition) is 4. The first-order valence-corrected chi connectivity index (χ1v) is 9.27. The molecular weight excluding hydrogens is 328 g/mol. The summed E-state index contributed by atoms with van der Waals surface area (Å²) in [5.74, 6) is 2.01. The van der Waals surface area contributed by atoms with Crippen molar-refractivity contribution in [3.05, 3.63) is 45.6 Å². The van der Waals surface area contributed by atoms with Crippen LogP contribution in [-0.4, -0.2) is 26.2 Å². The lowest BCUT2D eigenvalue weighted by Gasteiger charge is -2.11. The Morgan fingerprint density at radius 2 is 1.92 bits per heavy atom. The second-order valence-corrected chi connectivity index (χ2v) is 5.86. The number of aromatic nitrogens is 4. The molecule has 1 aromatic carbocycles. The molecule has 0 aliphatic rings. The second-order valence-electron chi connectivity index (χ2n) is 5.86. The molecule has 2 heterocycles. The van der Waals surface area contributed by atoms with Crippen molar-refractivity contribution in [2.45, 2.75) is 54.4 Å². The van der Waals surface area contributed by atoms with Gasteiger partial charge in [-0.15, -0.1) is 5.10 Å². The topological polar surface area (TPSA) is 72.3 Å². The van der Waals surface area contributed by atoms with Gasteiger partial charge < -0.3 is 9.72 Å². The van der Waals surface area contributed by atoms with E-state index < -0.39 is 0 Å². The molecule has 0 saturated carbocycles. The first-order valence-electron chi connectivity index (χ1n) is 9.27. The van der Waals surface area contributed by atoms with Crippen LogP contribution in [0.2, 0.25) is 0 Å². The molecule has 0 amide bonds. The first-order chi connectivity index (χ1) is 12.5. The molecule has 0 aliphatic carbocycles. The lowest BCUT2D eigenvalue weighted by molar-refractivity contribution is 0.341. The largest absolute Gasteiger partial charge is 0.493 e. The van der Waals surface area contributed by atoms with Gasteiger partial charge in [-0.1, -0.05) is 32.4 Å². The Hall–Kier alpha value is -2.63. The maximum atomic E-state index is 12.6. The van der Waals surface area contributed by atoms with Gasteiger partial charge in [0.1, 0.15) is 11.6 Å². The Labute approximate surface area is 154 Å². The highest BCUT2D eigenvalue weighted by atomic mass is 16.5. The fraction of sp³-hybridized carbons (Fsp3) is 0.450. The van der Waals surface area contributed by atoms with E-state index in [1.54, 1.807) is 4.52 Å². The lowest BCUT2D eigenvalue weighted by Crippen LogP contribution is -2.16.